The third-order valence-electron chi connectivity index (χ3n) is 3.69. The fourth-order valence-electron chi connectivity index (χ4n) is 2.43. The number of aryl methyl sites for hydroxylation is 1. The predicted molar refractivity (Wildman–Crippen MR) is 101 cm³/mol. The number of benzene rings is 2. The lowest BCUT2D eigenvalue weighted by Crippen LogP contribution is -2.38. The van der Waals surface area contributed by atoms with Gasteiger partial charge in [0, 0.05) is 7.05 Å². The lowest BCUT2D eigenvalue weighted by atomic mass is 10.2. The van der Waals surface area contributed by atoms with E-state index >= 15 is 0 Å². The first-order valence-electron chi connectivity index (χ1n) is 8.15. The second-order valence-corrected chi connectivity index (χ2v) is 6.94. The van der Waals surface area contributed by atoms with E-state index < -0.39 is 0 Å². The number of fused-ring (bicyclic) bond motifs is 1. The zero-order chi connectivity index (χ0) is 17.6. The Balaban J connectivity index is 1.44. The Morgan fingerprint density at radius 3 is 2.88 bits per heavy atom. The first-order valence-corrected chi connectivity index (χ1v) is 8.96. The van der Waals surface area contributed by atoms with Crippen LogP contribution in [0.3, 0.4) is 0 Å². The normalized spacial score (nSPS) is 10.6. The maximum Gasteiger partial charge on any atom is 0.317 e. The van der Waals surface area contributed by atoms with E-state index in [1.807, 2.05) is 55.5 Å². The summed E-state index contributed by atoms with van der Waals surface area (Å²) in [5, 5.41) is 3.79. The van der Waals surface area contributed by atoms with Gasteiger partial charge in [-0.05, 0) is 36.8 Å². The van der Waals surface area contributed by atoms with Gasteiger partial charge in [0.15, 0.2) is 0 Å². The number of nitrogens with one attached hydrogen (secondary N) is 1. The molecule has 6 heteroatoms. The number of amides is 2. The summed E-state index contributed by atoms with van der Waals surface area (Å²) in [6.07, 6.45) is 0. The van der Waals surface area contributed by atoms with Gasteiger partial charge in [-0.25, -0.2) is 9.78 Å². The number of carbonyl (C=O) groups is 1. The van der Waals surface area contributed by atoms with E-state index in [1.165, 1.54) is 0 Å². The molecule has 3 aromatic rings. The maximum atomic E-state index is 12.2. The monoisotopic (exact) mass is 355 g/mol. The van der Waals surface area contributed by atoms with Crippen LogP contribution in [-0.2, 0) is 6.54 Å². The number of nitrogens with zero attached hydrogens (tertiary/aromatic N) is 2. The Labute approximate surface area is 151 Å². The molecular formula is C19H21N3O2S. The van der Waals surface area contributed by atoms with Gasteiger partial charge < -0.3 is 15.0 Å². The molecule has 1 heterocycles. The summed E-state index contributed by atoms with van der Waals surface area (Å²) in [6.45, 7) is 3.40. The van der Waals surface area contributed by atoms with Crippen molar-refractivity contribution in [2.24, 2.45) is 0 Å². The second-order valence-electron chi connectivity index (χ2n) is 5.83. The molecule has 0 aliphatic rings. The van der Waals surface area contributed by atoms with Crippen molar-refractivity contribution in [3.8, 4) is 5.75 Å². The highest BCUT2D eigenvalue weighted by Gasteiger charge is 2.11. The van der Waals surface area contributed by atoms with Crippen molar-refractivity contribution in [1.29, 1.82) is 0 Å². The Hall–Kier alpha value is -2.60. The van der Waals surface area contributed by atoms with Crippen LogP contribution in [0.25, 0.3) is 10.2 Å². The van der Waals surface area contributed by atoms with Crippen molar-refractivity contribution in [1.82, 2.24) is 15.2 Å². The molecule has 0 atom stereocenters. The summed E-state index contributed by atoms with van der Waals surface area (Å²) >= 11 is 1.61. The number of urea groups is 1. The molecule has 25 heavy (non-hydrogen) atoms. The summed E-state index contributed by atoms with van der Waals surface area (Å²) in [5.41, 5.74) is 2.12. The average Bonchev–Trinajstić information content (AvgIpc) is 3.00. The van der Waals surface area contributed by atoms with Crippen molar-refractivity contribution < 1.29 is 9.53 Å². The molecule has 130 valence electrons. The number of hydrogen-bond donors (Lipinski definition) is 1. The van der Waals surface area contributed by atoms with Gasteiger partial charge in [-0.3, -0.25) is 0 Å². The number of ether oxygens (including phenoxy) is 1. The lowest BCUT2D eigenvalue weighted by Gasteiger charge is -2.16. The highest BCUT2D eigenvalue weighted by molar-refractivity contribution is 7.18. The Bertz CT molecular complexity index is 830. The van der Waals surface area contributed by atoms with Crippen LogP contribution in [0.5, 0.6) is 5.75 Å². The summed E-state index contributed by atoms with van der Waals surface area (Å²) in [7, 11) is 1.77. The Morgan fingerprint density at radius 1 is 1.24 bits per heavy atom. The molecule has 0 radical (unpaired) electrons. The molecule has 0 saturated carbocycles. The number of thiazole rings is 1. The standard InChI is InChI=1S/C19H21N3O2S/c1-14-6-5-7-15(12-14)24-11-10-20-19(23)22(2)13-18-21-16-8-3-4-9-17(16)25-18/h3-9,12H,10-11,13H2,1-2H3,(H,20,23). The average molecular weight is 355 g/mol. The van der Waals surface area contributed by atoms with Crippen molar-refractivity contribution in [3.63, 3.8) is 0 Å². The van der Waals surface area contributed by atoms with E-state index in [-0.39, 0.29) is 6.03 Å². The van der Waals surface area contributed by atoms with Crippen LogP contribution in [0.1, 0.15) is 10.6 Å². The van der Waals surface area contributed by atoms with Gasteiger partial charge >= 0.3 is 6.03 Å². The number of carbonyl (C=O) groups excluding carboxylic acids is 1. The van der Waals surface area contributed by atoms with Gasteiger partial charge in [0.25, 0.3) is 0 Å². The maximum absolute atomic E-state index is 12.2. The molecule has 0 saturated heterocycles. The highest BCUT2D eigenvalue weighted by atomic mass is 32.1. The molecule has 2 aromatic carbocycles. The van der Waals surface area contributed by atoms with Gasteiger partial charge in [0.05, 0.1) is 23.3 Å². The van der Waals surface area contributed by atoms with E-state index in [2.05, 4.69) is 10.3 Å². The zero-order valence-electron chi connectivity index (χ0n) is 14.4. The molecule has 1 aromatic heterocycles. The largest absolute Gasteiger partial charge is 0.492 e. The van der Waals surface area contributed by atoms with Gasteiger partial charge in [0.2, 0.25) is 0 Å². The molecule has 1 N–H and O–H groups in total. The first-order chi connectivity index (χ1) is 12.1. The van der Waals surface area contributed by atoms with Gasteiger partial charge in [-0.15, -0.1) is 11.3 Å². The lowest BCUT2D eigenvalue weighted by molar-refractivity contribution is 0.203. The van der Waals surface area contributed by atoms with E-state index in [1.54, 1.807) is 23.3 Å². The Morgan fingerprint density at radius 2 is 2.08 bits per heavy atom. The van der Waals surface area contributed by atoms with Crippen LogP contribution in [0.15, 0.2) is 48.5 Å². The van der Waals surface area contributed by atoms with Gasteiger partial charge in [-0.2, -0.15) is 0 Å². The van der Waals surface area contributed by atoms with Crippen molar-refractivity contribution in [2.45, 2.75) is 13.5 Å². The van der Waals surface area contributed by atoms with Crippen molar-refractivity contribution in [2.75, 3.05) is 20.2 Å². The molecule has 2 amide bonds. The van der Waals surface area contributed by atoms with Crippen molar-refractivity contribution in [3.05, 3.63) is 59.1 Å². The molecule has 5 nitrogen and oxygen atoms in total. The molecule has 0 aliphatic carbocycles. The summed E-state index contributed by atoms with van der Waals surface area (Å²) in [4.78, 5) is 18.3. The minimum Gasteiger partial charge on any atom is -0.492 e. The number of rotatable bonds is 6. The second kappa shape index (κ2) is 7.98. The van der Waals surface area contributed by atoms with Crippen LogP contribution >= 0.6 is 11.3 Å². The summed E-state index contributed by atoms with van der Waals surface area (Å²) in [6, 6.07) is 15.7. The molecule has 0 fully saturated rings. The van der Waals surface area contributed by atoms with E-state index in [0.717, 1.165) is 26.5 Å². The van der Waals surface area contributed by atoms with Crippen LogP contribution in [0.4, 0.5) is 4.79 Å². The minimum atomic E-state index is -0.132. The third kappa shape index (κ3) is 4.70. The van der Waals surface area contributed by atoms with Gasteiger partial charge in [-0.1, -0.05) is 24.3 Å². The topological polar surface area (TPSA) is 54.5 Å². The Kier molecular flexibility index (Phi) is 5.50. The fourth-order valence-corrected chi connectivity index (χ4v) is 3.45. The summed E-state index contributed by atoms with van der Waals surface area (Å²) < 4.78 is 6.77. The van der Waals surface area contributed by atoms with Crippen molar-refractivity contribution >= 4 is 27.6 Å². The van der Waals surface area contributed by atoms with Crippen LogP contribution in [0.2, 0.25) is 0 Å². The number of para-hydroxylation sites is 1. The first kappa shape index (κ1) is 17.2. The van der Waals surface area contributed by atoms with Crippen LogP contribution in [0, 0.1) is 6.92 Å². The molecule has 0 bridgehead atoms. The third-order valence-corrected chi connectivity index (χ3v) is 4.72. The molecule has 0 spiro atoms. The smallest absolute Gasteiger partial charge is 0.317 e. The highest BCUT2D eigenvalue weighted by Crippen LogP contribution is 2.22. The minimum absolute atomic E-state index is 0.132. The molecule has 3 rings (SSSR count). The number of aromatic nitrogens is 1. The molecule has 0 aliphatic heterocycles. The zero-order valence-corrected chi connectivity index (χ0v) is 15.2. The van der Waals surface area contributed by atoms with Gasteiger partial charge in [0.1, 0.15) is 17.4 Å². The summed E-state index contributed by atoms with van der Waals surface area (Å²) in [5.74, 6) is 0.817. The molecular weight excluding hydrogens is 334 g/mol. The van der Waals surface area contributed by atoms with E-state index in [4.69, 9.17) is 4.74 Å². The fraction of sp³-hybridized carbons (Fsp3) is 0.263. The quantitative estimate of drug-likeness (QED) is 0.684. The van der Waals surface area contributed by atoms with Crippen LogP contribution in [-0.4, -0.2) is 36.1 Å². The number of hydrogen-bond acceptors (Lipinski definition) is 4. The molecule has 0 unspecified atom stereocenters. The predicted octanol–water partition coefficient (Wildman–Crippen LogP) is 3.83. The van der Waals surface area contributed by atoms with E-state index in [0.29, 0.717) is 19.7 Å². The SMILES string of the molecule is Cc1cccc(OCCNC(=O)N(C)Cc2nc3ccccc3s2)c1. The van der Waals surface area contributed by atoms with Crippen LogP contribution < -0.4 is 10.1 Å². The van der Waals surface area contributed by atoms with E-state index in [9.17, 15) is 4.79 Å².